The fraction of sp³-hybridized carbons (Fsp3) is 0.609. The Labute approximate surface area is 211 Å². The van der Waals surface area contributed by atoms with Crippen molar-refractivity contribution in [3.8, 4) is 17.4 Å². The van der Waals surface area contributed by atoms with Gasteiger partial charge < -0.3 is 14.7 Å². The zero-order valence-electron chi connectivity index (χ0n) is 20.7. The molecular formula is C23H29F2N9O3. The Morgan fingerprint density at radius 2 is 2.03 bits per heavy atom. The number of anilines is 1. The zero-order chi connectivity index (χ0) is 26.2. The lowest BCUT2D eigenvalue weighted by Crippen LogP contribution is -2.48. The van der Waals surface area contributed by atoms with Gasteiger partial charge in [0.15, 0.2) is 0 Å². The molecule has 4 heterocycles. The van der Waals surface area contributed by atoms with Crippen molar-refractivity contribution < 1.29 is 23.4 Å². The number of carboxylic acid groups (broad SMARTS) is 1. The van der Waals surface area contributed by atoms with Gasteiger partial charge in [0.1, 0.15) is 18.0 Å². The Bertz CT molecular complexity index is 1270. The SMILES string of the molecule is CCc1nc(-c2nnn(C)c2COc2nnn(CC3CC3)n2)ccc1N1CC(CC(=O)O)CC(F)(F)C1. The zero-order valence-corrected chi connectivity index (χ0v) is 20.7. The molecule has 1 atom stereocenters. The van der Waals surface area contributed by atoms with Crippen molar-refractivity contribution >= 4 is 11.7 Å². The number of tetrazole rings is 1. The van der Waals surface area contributed by atoms with E-state index in [9.17, 15) is 13.6 Å². The molecule has 1 unspecified atom stereocenters. The third-order valence-electron chi connectivity index (χ3n) is 6.65. The van der Waals surface area contributed by atoms with E-state index in [1.54, 1.807) is 28.8 Å². The van der Waals surface area contributed by atoms with E-state index < -0.39 is 30.8 Å². The molecule has 3 aromatic heterocycles. The fourth-order valence-corrected chi connectivity index (χ4v) is 4.71. The van der Waals surface area contributed by atoms with Gasteiger partial charge in [-0.3, -0.25) is 4.79 Å². The van der Waals surface area contributed by atoms with Crippen molar-refractivity contribution in [1.82, 2.24) is 40.2 Å². The topological polar surface area (TPSA) is 137 Å². The molecule has 1 N–H and O–H groups in total. The Kier molecular flexibility index (Phi) is 6.73. The average Bonchev–Trinajstić information content (AvgIpc) is 3.41. The maximum Gasteiger partial charge on any atom is 0.356 e. The molecule has 5 rings (SSSR count). The smallest absolute Gasteiger partial charge is 0.356 e. The Balaban J connectivity index is 1.35. The minimum atomic E-state index is -2.98. The molecule has 0 radical (unpaired) electrons. The summed E-state index contributed by atoms with van der Waals surface area (Å²) in [6.45, 7) is 2.47. The van der Waals surface area contributed by atoms with Crippen LogP contribution in [0.25, 0.3) is 11.4 Å². The van der Waals surface area contributed by atoms with E-state index in [1.807, 2.05) is 6.92 Å². The summed E-state index contributed by atoms with van der Waals surface area (Å²) in [5, 5.41) is 29.7. The number of nitrogens with zero attached hydrogens (tertiary/aromatic N) is 9. The van der Waals surface area contributed by atoms with Gasteiger partial charge in [0.25, 0.3) is 5.92 Å². The molecule has 1 aliphatic heterocycles. The molecule has 0 amide bonds. The average molecular weight is 518 g/mol. The number of hydrogen-bond donors (Lipinski definition) is 1. The van der Waals surface area contributed by atoms with Gasteiger partial charge in [0.2, 0.25) is 0 Å². The van der Waals surface area contributed by atoms with Crippen LogP contribution in [-0.4, -0.2) is 70.3 Å². The van der Waals surface area contributed by atoms with Crippen LogP contribution in [0.5, 0.6) is 6.01 Å². The highest BCUT2D eigenvalue weighted by molar-refractivity contribution is 5.67. The van der Waals surface area contributed by atoms with Gasteiger partial charge in [-0.2, -0.15) is 4.80 Å². The third-order valence-corrected chi connectivity index (χ3v) is 6.65. The predicted octanol–water partition coefficient (Wildman–Crippen LogP) is 2.35. The highest BCUT2D eigenvalue weighted by Gasteiger charge is 2.41. The fourth-order valence-electron chi connectivity index (χ4n) is 4.71. The number of halogens is 2. The molecule has 1 aliphatic carbocycles. The summed E-state index contributed by atoms with van der Waals surface area (Å²) in [4.78, 5) is 19.0. The second-order valence-corrected chi connectivity index (χ2v) is 9.79. The summed E-state index contributed by atoms with van der Waals surface area (Å²) >= 11 is 0. The lowest BCUT2D eigenvalue weighted by atomic mass is 9.91. The second kappa shape index (κ2) is 9.98. The number of carbonyl (C=O) groups is 1. The second-order valence-electron chi connectivity index (χ2n) is 9.79. The monoisotopic (exact) mass is 517 g/mol. The highest BCUT2D eigenvalue weighted by Crippen LogP contribution is 2.36. The van der Waals surface area contributed by atoms with E-state index in [0.717, 1.165) is 6.54 Å². The van der Waals surface area contributed by atoms with Crippen molar-refractivity contribution in [1.29, 1.82) is 0 Å². The molecule has 12 nitrogen and oxygen atoms in total. The van der Waals surface area contributed by atoms with Crippen LogP contribution in [0.4, 0.5) is 14.5 Å². The van der Waals surface area contributed by atoms with Crippen LogP contribution in [0.1, 0.15) is 44.0 Å². The summed E-state index contributed by atoms with van der Waals surface area (Å²) in [6.07, 6.45) is 2.11. The van der Waals surface area contributed by atoms with Gasteiger partial charge >= 0.3 is 12.0 Å². The number of alkyl halides is 2. The number of carboxylic acids is 1. The maximum atomic E-state index is 14.5. The number of ether oxygens (including phenoxy) is 1. The lowest BCUT2D eigenvalue weighted by molar-refractivity contribution is -0.139. The highest BCUT2D eigenvalue weighted by atomic mass is 19.3. The van der Waals surface area contributed by atoms with Crippen LogP contribution in [0, 0.1) is 11.8 Å². The summed E-state index contributed by atoms with van der Waals surface area (Å²) < 4.78 is 36.2. The molecule has 37 heavy (non-hydrogen) atoms. The van der Waals surface area contributed by atoms with Crippen molar-refractivity contribution in [2.24, 2.45) is 18.9 Å². The Morgan fingerprint density at radius 3 is 2.76 bits per heavy atom. The van der Waals surface area contributed by atoms with Crippen LogP contribution in [0.2, 0.25) is 0 Å². The van der Waals surface area contributed by atoms with Crippen LogP contribution in [0.3, 0.4) is 0 Å². The van der Waals surface area contributed by atoms with Gasteiger partial charge in [-0.05, 0) is 48.4 Å². The largest absolute Gasteiger partial charge is 0.481 e. The van der Waals surface area contributed by atoms with Crippen LogP contribution in [0.15, 0.2) is 12.1 Å². The molecule has 2 aliphatic rings. The quantitative estimate of drug-likeness (QED) is 0.427. The molecular weight excluding hydrogens is 488 g/mol. The van der Waals surface area contributed by atoms with Gasteiger partial charge in [-0.25, -0.2) is 18.4 Å². The first-order valence-corrected chi connectivity index (χ1v) is 12.3. The molecule has 0 bridgehead atoms. The molecule has 0 aromatic carbocycles. The summed E-state index contributed by atoms with van der Waals surface area (Å²) in [5.74, 6) is -4.10. The Morgan fingerprint density at radius 1 is 1.22 bits per heavy atom. The van der Waals surface area contributed by atoms with Crippen molar-refractivity contribution in [3.05, 3.63) is 23.5 Å². The van der Waals surface area contributed by atoms with E-state index in [-0.39, 0.29) is 25.6 Å². The number of rotatable bonds is 10. The standard InChI is InChI=1S/C23H29F2N9O3/c1-3-16-18(33-10-15(8-20(35)36)9-23(24,25)13-33)7-6-17(26-16)21-19(32(2)30-27-21)12-37-22-28-31-34(29-22)11-14-4-5-14/h6-7,14-15H,3-5,8-13H2,1-2H3,(H,35,36). The molecule has 198 valence electrons. The molecule has 0 spiro atoms. The number of aromatic nitrogens is 8. The number of aliphatic carboxylic acids is 1. The van der Waals surface area contributed by atoms with Gasteiger partial charge in [-0.15, -0.1) is 5.10 Å². The van der Waals surface area contributed by atoms with Crippen molar-refractivity contribution in [3.63, 3.8) is 0 Å². The summed E-state index contributed by atoms with van der Waals surface area (Å²) in [5.41, 5.74) is 2.86. The van der Waals surface area contributed by atoms with E-state index in [0.29, 0.717) is 40.8 Å². The van der Waals surface area contributed by atoms with Gasteiger partial charge in [0.05, 0.1) is 36.6 Å². The van der Waals surface area contributed by atoms with E-state index in [2.05, 4.69) is 25.7 Å². The van der Waals surface area contributed by atoms with E-state index in [1.165, 1.54) is 17.6 Å². The molecule has 14 heteroatoms. The molecule has 1 saturated carbocycles. The number of hydrogen-bond acceptors (Lipinski definition) is 9. The van der Waals surface area contributed by atoms with Crippen molar-refractivity contribution in [2.45, 2.75) is 58.1 Å². The number of aryl methyl sites for hydroxylation is 2. The normalized spacial score (nSPS) is 19.2. The van der Waals surface area contributed by atoms with E-state index in [4.69, 9.17) is 14.8 Å². The Hall–Kier alpha value is -3.71. The minimum absolute atomic E-state index is 0.0913. The summed E-state index contributed by atoms with van der Waals surface area (Å²) in [6, 6.07) is 3.61. The van der Waals surface area contributed by atoms with Gasteiger partial charge in [0, 0.05) is 20.0 Å². The van der Waals surface area contributed by atoms with Crippen LogP contribution < -0.4 is 9.64 Å². The first kappa shape index (κ1) is 25.0. The van der Waals surface area contributed by atoms with Crippen LogP contribution >= 0.6 is 0 Å². The van der Waals surface area contributed by atoms with Crippen molar-refractivity contribution in [2.75, 3.05) is 18.0 Å². The first-order chi connectivity index (χ1) is 17.7. The van der Waals surface area contributed by atoms with E-state index >= 15 is 0 Å². The predicted molar refractivity (Wildman–Crippen MR) is 126 cm³/mol. The lowest BCUT2D eigenvalue weighted by Gasteiger charge is -2.39. The molecule has 1 saturated heterocycles. The summed E-state index contributed by atoms with van der Waals surface area (Å²) in [7, 11) is 1.74. The maximum absolute atomic E-state index is 14.5. The first-order valence-electron chi connectivity index (χ1n) is 12.3. The van der Waals surface area contributed by atoms with Gasteiger partial charge in [-0.1, -0.05) is 22.3 Å². The number of pyridine rings is 1. The number of piperidine rings is 1. The molecule has 2 fully saturated rings. The third kappa shape index (κ3) is 5.83. The molecule has 3 aromatic rings. The minimum Gasteiger partial charge on any atom is -0.481 e. The van der Waals surface area contributed by atoms with Crippen LogP contribution in [-0.2, 0) is 31.4 Å².